The Labute approximate surface area is 581 Å². The molecule has 9 aliphatic rings. The number of aliphatic hydroxyl groups excluding tert-OH is 28. The third kappa shape index (κ3) is 18.0. The largest absolute Gasteiger partial charge is 0.394 e. The van der Waals surface area contributed by atoms with Gasteiger partial charge < -0.3 is 229 Å². The maximum absolute atomic E-state index is 12.4. The molecule has 9 saturated heterocycles. The van der Waals surface area contributed by atoms with Crippen LogP contribution in [0.4, 0.5) is 0 Å². The SMILES string of the molecule is CC(=O)N[C@@H]1[C@@H](O)[C@H](O[C@@H]2O[C@H](CO)[C@@H](O[C@@H]3O[C@H](CO[C@H]4O[C@H](CO[C@H]5O[C@H](CO)[C@@H](O)[C@H](O)[C@@H]5O)[C@@H](O)[C@H](O[C@H]5O[C@H](CO)[C@@H](O)[C@H](O)[C@@H]5O)[C@@H]4O)[C@@H](O)[C@H](O[C@H]4O[C@H](CO)[C@@H](O)[C@H](O)[C@@H]4O[C@H]4O[C@H](CO)[C@@H](O)[C@H](O)[C@@H]4O[C@H]4O[C@H](CO)[C@@H](O)[C@H](O)[C@@H]4O)[C@@H]3O)[C@H](O)[C@H]2O)[C@@H](CO)O[C@H]1O. The summed E-state index contributed by atoms with van der Waals surface area (Å²) in [5.41, 5.74) is 0. The molecule has 45 atom stereocenters. The fourth-order valence-electron chi connectivity index (χ4n) is 13.1. The summed E-state index contributed by atoms with van der Waals surface area (Å²) >= 11 is 0. The van der Waals surface area contributed by atoms with E-state index in [4.69, 9.17) is 80.5 Å². The highest BCUT2D eigenvalue weighted by Crippen LogP contribution is 2.39. The minimum Gasteiger partial charge on any atom is -0.394 e. The molecule has 0 radical (unpaired) electrons. The Morgan fingerprint density at radius 2 is 0.505 bits per heavy atom. The molecule has 0 unspecified atom stereocenters. The normalized spacial score (nSPS) is 52.4. The van der Waals surface area contributed by atoms with E-state index in [0.29, 0.717) is 0 Å². The predicted octanol–water partition coefficient (Wildman–Crippen LogP) is -20.5. The van der Waals surface area contributed by atoms with Gasteiger partial charge in [0.2, 0.25) is 5.91 Å². The summed E-state index contributed by atoms with van der Waals surface area (Å²) in [5, 5.41) is 309. The van der Waals surface area contributed by atoms with E-state index >= 15 is 0 Å². The number of hydrogen-bond acceptors (Lipinski definition) is 46. The van der Waals surface area contributed by atoms with E-state index in [0.717, 1.165) is 6.92 Å². The van der Waals surface area contributed by atoms with Crippen molar-refractivity contribution in [2.45, 2.75) is 283 Å². The quantitative estimate of drug-likeness (QED) is 0.0382. The Balaban J connectivity index is 1.04. The molecule has 600 valence electrons. The molecule has 29 N–H and O–H groups in total. The van der Waals surface area contributed by atoms with Crippen LogP contribution in [0.25, 0.3) is 0 Å². The van der Waals surface area contributed by atoms with Crippen LogP contribution >= 0.6 is 0 Å². The molecule has 0 aliphatic carbocycles. The highest BCUT2D eigenvalue weighted by Gasteiger charge is 2.60. The number of hydrogen-bond donors (Lipinski definition) is 29. The predicted molar refractivity (Wildman–Crippen MR) is 309 cm³/mol. The summed E-state index contributed by atoms with van der Waals surface area (Å²) < 4.78 is 97.9. The Bertz CT molecular complexity index is 2580. The summed E-state index contributed by atoms with van der Waals surface area (Å²) in [7, 11) is 0. The van der Waals surface area contributed by atoms with Gasteiger partial charge in [-0.1, -0.05) is 0 Å². The number of nitrogens with one attached hydrogen (secondary N) is 1. The molecule has 47 heteroatoms. The van der Waals surface area contributed by atoms with Crippen LogP contribution in [0, 0.1) is 0 Å². The van der Waals surface area contributed by atoms with Gasteiger partial charge in [0.15, 0.2) is 56.6 Å². The Morgan fingerprint density at radius 3 is 0.913 bits per heavy atom. The number of ether oxygens (including phenoxy) is 17. The molecule has 47 nitrogen and oxygen atoms in total. The van der Waals surface area contributed by atoms with Crippen LogP contribution in [0.2, 0.25) is 0 Å². The molecule has 9 rings (SSSR count). The van der Waals surface area contributed by atoms with E-state index in [1.165, 1.54) is 0 Å². The zero-order chi connectivity index (χ0) is 75.6. The minimum absolute atomic E-state index is 0.784. The van der Waals surface area contributed by atoms with Crippen LogP contribution in [0.15, 0.2) is 0 Å². The highest BCUT2D eigenvalue weighted by atomic mass is 16.8. The molecule has 0 saturated carbocycles. The Morgan fingerprint density at radius 1 is 0.252 bits per heavy atom. The number of aliphatic hydroxyl groups is 28. The molecule has 0 aromatic carbocycles. The van der Waals surface area contributed by atoms with Gasteiger partial charge in [-0.05, 0) is 0 Å². The van der Waals surface area contributed by atoms with Crippen molar-refractivity contribution in [3.05, 3.63) is 0 Å². The Hall–Kier alpha value is -2.33. The minimum atomic E-state index is -2.57. The van der Waals surface area contributed by atoms with E-state index in [1.54, 1.807) is 0 Å². The second-order valence-electron chi connectivity index (χ2n) is 26.0. The van der Waals surface area contributed by atoms with Gasteiger partial charge in [-0.15, -0.1) is 0 Å². The smallest absolute Gasteiger partial charge is 0.217 e. The van der Waals surface area contributed by atoms with Crippen molar-refractivity contribution in [2.24, 2.45) is 0 Å². The van der Waals surface area contributed by atoms with Crippen molar-refractivity contribution in [3.8, 4) is 0 Å². The topological polar surface area (TPSA) is 752 Å². The van der Waals surface area contributed by atoms with Crippen molar-refractivity contribution in [3.63, 3.8) is 0 Å². The maximum atomic E-state index is 12.4. The van der Waals surface area contributed by atoms with Crippen LogP contribution in [-0.4, -0.2) is 485 Å². The van der Waals surface area contributed by atoms with Gasteiger partial charge in [0.1, 0.15) is 220 Å². The molecule has 9 aliphatic heterocycles. The molecule has 9 heterocycles. The first-order valence-electron chi connectivity index (χ1n) is 32.7. The zero-order valence-electron chi connectivity index (χ0n) is 54.2. The molecule has 0 spiro atoms. The monoisotopic (exact) mass is 1520 g/mol. The van der Waals surface area contributed by atoms with Crippen molar-refractivity contribution >= 4 is 5.91 Å². The molecule has 0 aromatic rings. The van der Waals surface area contributed by atoms with E-state index in [2.05, 4.69) is 5.32 Å². The summed E-state index contributed by atoms with van der Waals surface area (Å²) in [6, 6.07) is -1.64. The molecule has 9 fully saturated rings. The molecule has 0 bridgehead atoms. The zero-order valence-corrected chi connectivity index (χ0v) is 54.2. The van der Waals surface area contributed by atoms with E-state index in [1.807, 2.05) is 0 Å². The van der Waals surface area contributed by atoms with E-state index < -0.39 is 342 Å². The van der Waals surface area contributed by atoms with Crippen molar-refractivity contribution in [2.75, 3.05) is 59.5 Å². The fraction of sp³-hybridized carbons (Fsp3) is 0.982. The van der Waals surface area contributed by atoms with Gasteiger partial charge in [-0.2, -0.15) is 0 Å². The third-order valence-electron chi connectivity index (χ3n) is 19.1. The average molecular weight is 1520 g/mol. The molecule has 1 amide bonds. The number of carbonyl (C=O) groups excluding carboxylic acids is 1. The van der Waals surface area contributed by atoms with Gasteiger partial charge in [0, 0.05) is 6.92 Å². The average Bonchev–Trinajstić information content (AvgIpc) is 0.772. The second kappa shape index (κ2) is 36.7. The lowest BCUT2D eigenvalue weighted by Crippen LogP contribution is -2.69. The first kappa shape index (κ1) is 84.7. The van der Waals surface area contributed by atoms with Gasteiger partial charge in [0.25, 0.3) is 0 Å². The van der Waals surface area contributed by atoms with Crippen molar-refractivity contribution in [1.82, 2.24) is 5.32 Å². The lowest BCUT2D eigenvalue weighted by atomic mass is 9.94. The Kier molecular flexibility index (Phi) is 30.2. The summed E-state index contributed by atoms with van der Waals surface area (Å²) in [6.45, 7) is -8.64. The van der Waals surface area contributed by atoms with Crippen molar-refractivity contribution < 1.29 is 228 Å². The molecular weight excluding hydrogens is 1420 g/mol. The molecular formula is C56H95NO46. The van der Waals surface area contributed by atoms with Crippen molar-refractivity contribution in [1.29, 1.82) is 0 Å². The summed E-state index contributed by atoms with van der Waals surface area (Å²) in [4.78, 5) is 12.0. The molecule has 103 heavy (non-hydrogen) atoms. The molecule has 0 aromatic heterocycles. The van der Waals surface area contributed by atoms with E-state index in [9.17, 15) is 148 Å². The summed E-state index contributed by atoms with van der Waals surface area (Å²) in [6.07, 6.45) is -93.1. The van der Waals surface area contributed by atoms with Gasteiger partial charge in [-0.3, -0.25) is 4.79 Å². The van der Waals surface area contributed by atoms with Gasteiger partial charge in [-0.25, -0.2) is 0 Å². The highest BCUT2D eigenvalue weighted by molar-refractivity contribution is 5.73. The van der Waals surface area contributed by atoms with Crippen LogP contribution in [0.5, 0.6) is 0 Å². The standard InChI is InChI=1S/C56H95NO46/c1-11(65)57-21-29(73)42(17(7-63)89-48(21)86)98-53-39(83)35(79)43(18(8-64)95-53)99-54-41(85)45(101-55-47(34(78)26(70)15(5-61)93-55)103-56-46(33(77)25(69)16(6-62)94-56)102-52-38(82)32(76)24(68)14(4-60)92-52)28(72)20(97-54)10-88-50-40(84)44(100-51-37(81)31(75)23(67)13(3-59)91-51)27(71)19(96-50)9-87-49-36(80)30(74)22(66)12(2-58)90-49/h12-56,58-64,66-86H,2-10H2,1H3,(H,57,65)/t12-,13-,14-,15-,16-,17-,18-,19-,20-,21-,22-,23-,24-,25-,26-,27-,28-,29-,30+,31+,32+,33+,34+,35-,36+,37+,38+,39-,40+,41+,42-,43-,44+,45+,46+,47+,48-,49+,50+,51-,52-,53+,54+,55-,56-/m1/s1. The third-order valence-corrected chi connectivity index (χ3v) is 19.1. The maximum Gasteiger partial charge on any atom is 0.217 e. The van der Waals surface area contributed by atoms with Crippen LogP contribution in [-0.2, 0) is 85.3 Å². The lowest BCUT2D eigenvalue weighted by Gasteiger charge is -2.50. The van der Waals surface area contributed by atoms with Gasteiger partial charge >= 0.3 is 0 Å². The lowest BCUT2D eigenvalue weighted by molar-refractivity contribution is -0.409. The number of rotatable bonds is 26. The number of carbonyl (C=O) groups is 1. The van der Waals surface area contributed by atoms with Crippen LogP contribution in [0.3, 0.4) is 0 Å². The van der Waals surface area contributed by atoms with E-state index in [-0.39, 0.29) is 0 Å². The van der Waals surface area contributed by atoms with Crippen LogP contribution < -0.4 is 5.32 Å². The second-order valence-corrected chi connectivity index (χ2v) is 26.0. The summed E-state index contributed by atoms with van der Waals surface area (Å²) in [5.74, 6) is -0.784. The van der Waals surface area contributed by atoms with Crippen LogP contribution in [0.1, 0.15) is 6.92 Å². The number of amides is 1. The first-order chi connectivity index (χ1) is 48.8. The first-order valence-corrected chi connectivity index (χ1v) is 32.7. The fourth-order valence-corrected chi connectivity index (χ4v) is 13.1. The van der Waals surface area contributed by atoms with Gasteiger partial charge in [0.05, 0.1) is 59.5 Å².